The minimum atomic E-state index is 0.306. The van der Waals surface area contributed by atoms with E-state index >= 15 is 0 Å². The van der Waals surface area contributed by atoms with Crippen LogP contribution in [0.2, 0.25) is 0 Å². The summed E-state index contributed by atoms with van der Waals surface area (Å²) in [5.41, 5.74) is 8.79. The van der Waals surface area contributed by atoms with Gasteiger partial charge in [-0.1, -0.05) is 24.6 Å². The Labute approximate surface area is 104 Å². The molecule has 0 saturated heterocycles. The van der Waals surface area contributed by atoms with E-state index in [1.165, 1.54) is 5.56 Å². The second-order valence-corrected chi connectivity index (χ2v) is 5.08. The average Bonchev–Trinajstić information content (AvgIpc) is 2.22. The number of hydrogen-bond donors (Lipinski definition) is 2. The van der Waals surface area contributed by atoms with Gasteiger partial charge in [-0.25, -0.2) is 0 Å². The van der Waals surface area contributed by atoms with Gasteiger partial charge in [0.15, 0.2) is 0 Å². The van der Waals surface area contributed by atoms with Crippen molar-refractivity contribution in [3.8, 4) is 5.75 Å². The third-order valence-electron chi connectivity index (χ3n) is 2.98. The van der Waals surface area contributed by atoms with Crippen LogP contribution in [-0.4, -0.2) is 30.6 Å². The van der Waals surface area contributed by atoms with Gasteiger partial charge in [0.2, 0.25) is 0 Å². The van der Waals surface area contributed by atoms with E-state index in [4.69, 9.17) is 5.73 Å². The number of aryl methyl sites for hydroxylation is 1. The SMILES string of the molecule is Cc1cc(CN(C)C)c(O)c(C(C)CCN)c1. The fourth-order valence-electron chi connectivity index (χ4n) is 2.13. The third kappa shape index (κ3) is 3.72. The molecule has 1 atom stereocenters. The normalized spacial score (nSPS) is 13.1. The van der Waals surface area contributed by atoms with Gasteiger partial charge in [-0.15, -0.1) is 0 Å². The number of benzene rings is 1. The number of rotatable bonds is 5. The van der Waals surface area contributed by atoms with E-state index in [2.05, 4.69) is 24.8 Å². The summed E-state index contributed by atoms with van der Waals surface area (Å²) in [4.78, 5) is 2.06. The highest BCUT2D eigenvalue weighted by Crippen LogP contribution is 2.32. The van der Waals surface area contributed by atoms with Crippen molar-refractivity contribution in [1.29, 1.82) is 0 Å². The van der Waals surface area contributed by atoms with E-state index in [1.54, 1.807) is 0 Å². The second kappa shape index (κ2) is 6.03. The number of hydrogen-bond acceptors (Lipinski definition) is 3. The van der Waals surface area contributed by atoms with Gasteiger partial charge in [-0.05, 0) is 45.5 Å². The van der Waals surface area contributed by atoms with Gasteiger partial charge in [0.1, 0.15) is 5.75 Å². The zero-order chi connectivity index (χ0) is 13.0. The van der Waals surface area contributed by atoms with E-state index < -0.39 is 0 Å². The highest BCUT2D eigenvalue weighted by atomic mass is 16.3. The molecule has 0 radical (unpaired) electrons. The molecule has 1 unspecified atom stereocenters. The standard InChI is InChI=1S/C14H24N2O/c1-10-7-12(9-16(3)4)14(17)13(8-10)11(2)5-6-15/h7-8,11,17H,5-6,9,15H2,1-4H3. The largest absolute Gasteiger partial charge is 0.507 e. The summed E-state index contributed by atoms with van der Waals surface area (Å²) < 4.78 is 0. The predicted octanol–water partition coefficient (Wildman–Crippen LogP) is 2.21. The van der Waals surface area contributed by atoms with Crippen molar-refractivity contribution in [3.63, 3.8) is 0 Å². The van der Waals surface area contributed by atoms with Crippen molar-refractivity contribution >= 4 is 0 Å². The van der Waals surface area contributed by atoms with E-state index in [-0.39, 0.29) is 0 Å². The maximum atomic E-state index is 10.3. The van der Waals surface area contributed by atoms with Crippen molar-refractivity contribution in [2.45, 2.75) is 32.7 Å². The maximum absolute atomic E-state index is 10.3. The first-order valence-electron chi connectivity index (χ1n) is 6.13. The van der Waals surface area contributed by atoms with Crippen LogP contribution in [0.15, 0.2) is 12.1 Å². The Kier molecular flexibility index (Phi) is 4.97. The minimum Gasteiger partial charge on any atom is -0.507 e. The Morgan fingerprint density at radius 3 is 2.53 bits per heavy atom. The summed E-state index contributed by atoms with van der Waals surface area (Å²) in [7, 11) is 4.01. The molecule has 0 aliphatic carbocycles. The summed E-state index contributed by atoms with van der Waals surface area (Å²) in [6, 6.07) is 4.11. The van der Waals surface area contributed by atoms with E-state index in [0.717, 1.165) is 24.1 Å². The molecule has 0 aliphatic rings. The monoisotopic (exact) mass is 236 g/mol. The molecule has 0 aromatic heterocycles. The zero-order valence-corrected chi connectivity index (χ0v) is 11.3. The molecule has 1 aromatic carbocycles. The van der Waals surface area contributed by atoms with Crippen molar-refractivity contribution in [2.75, 3.05) is 20.6 Å². The molecule has 1 aromatic rings. The topological polar surface area (TPSA) is 49.5 Å². The number of nitrogens with zero attached hydrogens (tertiary/aromatic N) is 1. The lowest BCUT2D eigenvalue weighted by Gasteiger charge is -2.18. The Hall–Kier alpha value is -1.06. The maximum Gasteiger partial charge on any atom is 0.123 e. The molecule has 0 spiro atoms. The molecular weight excluding hydrogens is 212 g/mol. The molecule has 3 N–H and O–H groups in total. The van der Waals surface area contributed by atoms with Gasteiger partial charge < -0.3 is 15.7 Å². The predicted molar refractivity (Wildman–Crippen MR) is 72.3 cm³/mol. The quantitative estimate of drug-likeness (QED) is 0.824. The molecule has 3 nitrogen and oxygen atoms in total. The van der Waals surface area contributed by atoms with Gasteiger partial charge in [0.25, 0.3) is 0 Å². The van der Waals surface area contributed by atoms with Crippen LogP contribution in [0.1, 0.15) is 36.0 Å². The van der Waals surface area contributed by atoms with Gasteiger partial charge in [-0.3, -0.25) is 0 Å². The molecule has 0 fully saturated rings. The minimum absolute atomic E-state index is 0.306. The lowest BCUT2D eigenvalue weighted by molar-refractivity contribution is 0.382. The zero-order valence-electron chi connectivity index (χ0n) is 11.3. The molecule has 3 heteroatoms. The number of phenolic OH excluding ortho intramolecular Hbond substituents is 1. The van der Waals surface area contributed by atoms with Crippen LogP contribution in [-0.2, 0) is 6.54 Å². The Morgan fingerprint density at radius 2 is 2.00 bits per heavy atom. The van der Waals surface area contributed by atoms with Crippen LogP contribution in [0, 0.1) is 6.92 Å². The molecule has 0 heterocycles. The number of phenols is 1. The highest BCUT2D eigenvalue weighted by molar-refractivity contribution is 5.45. The molecule has 0 amide bonds. The number of nitrogens with two attached hydrogens (primary N) is 1. The fourth-order valence-corrected chi connectivity index (χ4v) is 2.13. The van der Waals surface area contributed by atoms with Crippen LogP contribution >= 0.6 is 0 Å². The van der Waals surface area contributed by atoms with Gasteiger partial charge in [0, 0.05) is 12.1 Å². The van der Waals surface area contributed by atoms with E-state index in [1.807, 2.05) is 20.2 Å². The van der Waals surface area contributed by atoms with Crippen LogP contribution in [0.25, 0.3) is 0 Å². The second-order valence-electron chi connectivity index (χ2n) is 5.08. The number of aromatic hydroxyl groups is 1. The lowest BCUT2D eigenvalue weighted by Crippen LogP contribution is -2.12. The van der Waals surface area contributed by atoms with Gasteiger partial charge >= 0.3 is 0 Å². The van der Waals surface area contributed by atoms with Crippen LogP contribution < -0.4 is 5.73 Å². The highest BCUT2D eigenvalue weighted by Gasteiger charge is 2.14. The van der Waals surface area contributed by atoms with Crippen LogP contribution in [0.5, 0.6) is 5.75 Å². The van der Waals surface area contributed by atoms with Crippen molar-refractivity contribution < 1.29 is 5.11 Å². The van der Waals surface area contributed by atoms with Crippen molar-refractivity contribution in [2.24, 2.45) is 5.73 Å². The summed E-state index contributed by atoms with van der Waals surface area (Å²) in [6.45, 7) is 5.59. The van der Waals surface area contributed by atoms with Crippen molar-refractivity contribution in [3.05, 3.63) is 28.8 Å². The molecule has 0 bridgehead atoms. The summed E-state index contributed by atoms with van der Waals surface area (Å²) in [6.07, 6.45) is 0.901. The van der Waals surface area contributed by atoms with E-state index in [9.17, 15) is 5.11 Å². The first kappa shape index (κ1) is 14.0. The third-order valence-corrected chi connectivity index (χ3v) is 2.98. The Morgan fingerprint density at radius 1 is 1.35 bits per heavy atom. The Bertz CT molecular complexity index is 375. The van der Waals surface area contributed by atoms with Gasteiger partial charge in [-0.2, -0.15) is 0 Å². The van der Waals surface area contributed by atoms with Crippen LogP contribution in [0.3, 0.4) is 0 Å². The molecule has 17 heavy (non-hydrogen) atoms. The molecule has 0 aliphatic heterocycles. The average molecular weight is 236 g/mol. The summed E-state index contributed by atoms with van der Waals surface area (Å²) in [5, 5.41) is 10.3. The molecule has 96 valence electrons. The molecule has 1 rings (SSSR count). The van der Waals surface area contributed by atoms with Crippen molar-refractivity contribution in [1.82, 2.24) is 4.90 Å². The van der Waals surface area contributed by atoms with Gasteiger partial charge in [0.05, 0.1) is 0 Å². The van der Waals surface area contributed by atoms with E-state index in [0.29, 0.717) is 18.2 Å². The molecule has 0 saturated carbocycles. The lowest BCUT2D eigenvalue weighted by atomic mass is 9.93. The first-order chi connectivity index (χ1) is 7.95. The Balaban J connectivity index is 3.09. The summed E-state index contributed by atoms with van der Waals surface area (Å²) >= 11 is 0. The smallest absolute Gasteiger partial charge is 0.123 e. The summed E-state index contributed by atoms with van der Waals surface area (Å²) in [5.74, 6) is 0.742. The first-order valence-corrected chi connectivity index (χ1v) is 6.13. The fraction of sp³-hybridized carbons (Fsp3) is 0.571. The van der Waals surface area contributed by atoms with Crippen LogP contribution in [0.4, 0.5) is 0 Å². The molecular formula is C14H24N2O.